The zero-order valence-corrected chi connectivity index (χ0v) is 13.9. The van der Waals surface area contributed by atoms with Crippen LogP contribution in [0.4, 0.5) is 0 Å². The average Bonchev–Trinajstić information content (AvgIpc) is 2.55. The van der Waals surface area contributed by atoms with Gasteiger partial charge in [-0.1, -0.05) is 13.8 Å². The second kappa shape index (κ2) is 8.82. The van der Waals surface area contributed by atoms with Crippen LogP contribution in [-0.4, -0.2) is 69.0 Å². The standard InChI is InChI=1S/C16H31N3O3/c1-12(2)14(19-5-9-22-10-6-19)11-18-16(20)15(17)13-3-7-21-8-4-13/h12-15H,3-11,17H2,1-2H3,(H,18,20). The van der Waals surface area contributed by atoms with Gasteiger partial charge in [0.2, 0.25) is 5.91 Å². The van der Waals surface area contributed by atoms with Crippen LogP contribution < -0.4 is 11.1 Å². The maximum Gasteiger partial charge on any atom is 0.237 e. The van der Waals surface area contributed by atoms with Gasteiger partial charge in [0.15, 0.2) is 0 Å². The molecule has 2 aliphatic rings. The number of carbonyl (C=O) groups excluding carboxylic acids is 1. The normalized spacial score (nSPS) is 24.2. The summed E-state index contributed by atoms with van der Waals surface area (Å²) in [6, 6.07) is -0.0730. The van der Waals surface area contributed by atoms with Crippen molar-refractivity contribution in [3.8, 4) is 0 Å². The molecule has 128 valence electrons. The van der Waals surface area contributed by atoms with Crippen LogP contribution in [0.5, 0.6) is 0 Å². The molecule has 0 spiro atoms. The molecular weight excluding hydrogens is 282 g/mol. The predicted molar refractivity (Wildman–Crippen MR) is 85.5 cm³/mol. The first kappa shape index (κ1) is 17.7. The van der Waals surface area contributed by atoms with Crippen molar-refractivity contribution in [2.75, 3.05) is 46.1 Å². The lowest BCUT2D eigenvalue weighted by Crippen LogP contribution is -2.54. The van der Waals surface area contributed by atoms with Crippen LogP contribution >= 0.6 is 0 Å². The van der Waals surface area contributed by atoms with E-state index >= 15 is 0 Å². The van der Waals surface area contributed by atoms with E-state index in [-0.39, 0.29) is 11.8 Å². The number of amides is 1. The SMILES string of the molecule is CC(C)C(CNC(=O)C(N)C1CCOCC1)N1CCOCC1. The highest BCUT2D eigenvalue weighted by atomic mass is 16.5. The lowest BCUT2D eigenvalue weighted by Gasteiger charge is -2.37. The Hall–Kier alpha value is -0.690. The lowest BCUT2D eigenvalue weighted by atomic mass is 9.91. The van der Waals surface area contributed by atoms with Crippen molar-refractivity contribution >= 4 is 5.91 Å². The third-order valence-corrected chi connectivity index (χ3v) is 4.85. The summed E-state index contributed by atoms with van der Waals surface area (Å²) in [6.45, 7) is 9.91. The summed E-state index contributed by atoms with van der Waals surface area (Å²) in [4.78, 5) is 14.7. The summed E-state index contributed by atoms with van der Waals surface area (Å²) >= 11 is 0. The molecule has 2 aliphatic heterocycles. The quantitative estimate of drug-likeness (QED) is 0.733. The summed E-state index contributed by atoms with van der Waals surface area (Å²) in [5.41, 5.74) is 6.13. The van der Waals surface area contributed by atoms with Gasteiger partial charge in [0.25, 0.3) is 0 Å². The monoisotopic (exact) mass is 313 g/mol. The fraction of sp³-hybridized carbons (Fsp3) is 0.938. The number of ether oxygens (including phenoxy) is 2. The first-order valence-electron chi connectivity index (χ1n) is 8.52. The molecule has 0 bridgehead atoms. The molecule has 0 aromatic carbocycles. The van der Waals surface area contributed by atoms with Gasteiger partial charge < -0.3 is 20.5 Å². The molecule has 2 fully saturated rings. The van der Waals surface area contributed by atoms with Crippen LogP contribution in [0.25, 0.3) is 0 Å². The lowest BCUT2D eigenvalue weighted by molar-refractivity contribution is -0.124. The van der Waals surface area contributed by atoms with Gasteiger partial charge in [0.05, 0.1) is 19.3 Å². The number of rotatable bonds is 6. The Kier molecular flexibility index (Phi) is 7.08. The molecule has 1 amide bonds. The van der Waals surface area contributed by atoms with Crippen molar-refractivity contribution in [3.63, 3.8) is 0 Å². The van der Waals surface area contributed by atoms with Crippen molar-refractivity contribution in [1.29, 1.82) is 0 Å². The molecule has 2 atom stereocenters. The summed E-state index contributed by atoms with van der Waals surface area (Å²) in [6.07, 6.45) is 1.76. The summed E-state index contributed by atoms with van der Waals surface area (Å²) in [5, 5.41) is 3.07. The highest BCUT2D eigenvalue weighted by molar-refractivity contribution is 5.81. The smallest absolute Gasteiger partial charge is 0.237 e. The maximum atomic E-state index is 12.3. The molecule has 2 rings (SSSR count). The third-order valence-electron chi connectivity index (χ3n) is 4.85. The Morgan fingerprint density at radius 3 is 2.36 bits per heavy atom. The largest absolute Gasteiger partial charge is 0.381 e. The minimum atomic E-state index is -0.415. The van der Waals surface area contributed by atoms with Gasteiger partial charge in [-0.05, 0) is 24.7 Å². The Balaban J connectivity index is 1.81. The second-order valence-electron chi connectivity index (χ2n) is 6.68. The first-order chi connectivity index (χ1) is 10.6. The van der Waals surface area contributed by atoms with Crippen LogP contribution in [0.1, 0.15) is 26.7 Å². The van der Waals surface area contributed by atoms with Gasteiger partial charge >= 0.3 is 0 Å². The van der Waals surface area contributed by atoms with E-state index in [0.29, 0.717) is 31.7 Å². The van der Waals surface area contributed by atoms with Crippen LogP contribution in [0.15, 0.2) is 0 Å². The molecule has 0 aliphatic carbocycles. The Morgan fingerprint density at radius 1 is 1.18 bits per heavy atom. The molecule has 0 saturated carbocycles. The molecule has 2 saturated heterocycles. The van der Waals surface area contributed by atoms with E-state index in [2.05, 4.69) is 24.1 Å². The number of nitrogens with two attached hydrogens (primary N) is 1. The number of hydrogen-bond donors (Lipinski definition) is 2. The second-order valence-corrected chi connectivity index (χ2v) is 6.68. The van der Waals surface area contributed by atoms with Gasteiger partial charge in [-0.25, -0.2) is 0 Å². The highest BCUT2D eigenvalue weighted by Gasteiger charge is 2.28. The van der Waals surface area contributed by atoms with Crippen molar-refractivity contribution < 1.29 is 14.3 Å². The van der Waals surface area contributed by atoms with Gasteiger partial charge in [-0.15, -0.1) is 0 Å². The Labute approximate surface area is 133 Å². The van der Waals surface area contributed by atoms with Crippen LogP contribution in [0, 0.1) is 11.8 Å². The number of nitrogens with one attached hydrogen (secondary N) is 1. The summed E-state index contributed by atoms with van der Waals surface area (Å²) in [5.74, 6) is 0.707. The molecule has 2 unspecified atom stereocenters. The highest BCUT2D eigenvalue weighted by Crippen LogP contribution is 2.18. The zero-order chi connectivity index (χ0) is 15.9. The fourth-order valence-corrected chi connectivity index (χ4v) is 3.31. The van der Waals surface area contributed by atoms with Crippen LogP contribution in [-0.2, 0) is 14.3 Å². The molecule has 6 nitrogen and oxygen atoms in total. The van der Waals surface area contributed by atoms with Crippen LogP contribution in [0.2, 0.25) is 0 Å². The number of nitrogens with zero attached hydrogens (tertiary/aromatic N) is 1. The summed E-state index contributed by atoms with van der Waals surface area (Å²) in [7, 11) is 0. The topological polar surface area (TPSA) is 76.8 Å². The van der Waals surface area contributed by atoms with Crippen molar-refractivity contribution in [3.05, 3.63) is 0 Å². The molecule has 2 heterocycles. The molecule has 22 heavy (non-hydrogen) atoms. The summed E-state index contributed by atoms with van der Waals surface area (Å²) < 4.78 is 10.7. The van der Waals surface area contributed by atoms with E-state index in [4.69, 9.17) is 15.2 Å². The third kappa shape index (κ3) is 4.91. The molecule has 0 aromatic rings. The van der Waals surface area contributed by atoms with Crippen LogP contribution in [0.3, 0.4) is 0 Å². The zero-order valence-electron chi connectivity index (χ0n) is 13.9. The number of hydrogen-bond acceptors (Lipinski definition) is 5. The van der Waals surface area contributed by atoms with Gasteiger partial charge in [-0.2, -0.15) is 0 Å². The Bertz CT molecular complexity index is 340. The van der Waals surface area contributed by atoms with E-state index in [1.54, 1.807) is 0 Å². The van der Waals surface area contributed by atoms with E-state index in [1.165, 1.54) is 0 Å². The molecular formula is C16H31N3O3. The minimum absolute atomic E-state index is 0.0224. The van der Waals surface area contributed by atoms with Crippen molar-refractivity contribution in [2.45, 2.75) is 38.8 Å². The number of carbonyl (C=O) groups is 1. The van der Waals surface area contributed by atoms with Gasteiger partial charge in [0.1, 0.15) is 0 Å². The van der Waals surface area contributed by atoms with Crippen molar-refractivity contribution in [2.24, 2.45) is 17.6 Å². The predicted octanol–water partition coefficient (Wildman–Crippen LogP) is 0.213. The van der Waals surface area contributed by atoms with E-state index in [0.717, 1.165) is 39.1 Å². The minimum Gasteiger partial charge on any atom is -0.381 e. The molecule has 0 aromatic heterocycles. The fourth-order valence-electron chi connectivity index (χ4n) is 3.31. The van der Waals surface area contributed by atoms with Crippen molar-refractivity contribution in [1.82, 2.24) is 10.2 Å². The maximum absolute atomic E-state index is 12.3. The Morgan fingerprint density at radius 2 is 1.77 bits per heavy atom. The molecule has 0 radical (unpaired) electrons. The van der Waals surface area contributed by atoms with E-state index < -0.39 is 6.04 Å². The van der Waals surface area contributed by atoms with E-state index in [9.17, 15) is 4.79 Å². The van der Waals surface area contributed by atoms with Gasteiger partial charge in [0, 0.05) is 38.9 Å². The molecule has 3 N–H and O–H groups in total. The molecule has 6 heteroatoms. The average molecular weight is 313 g/mol. The first-order valence-corrected chi connectivity index (χ1v) is 8.52. The van der Waals surface area contributed by atoms with Gasteiger partial charge in [-0.3, -0.25) is 9.69 Å². The number of morpholine rings is 1. The van der Waals surface area contributed by atoms with E-state index in [1.807, 2.05) is 0 Å².